The van der Waals surface area contributed by atoms with Crippen LogP contribution in [0, 0.1) is 5.92 Å². The molecule has 0 aliphatic carbocycles. The minimum absolute atomic E-state index is 0.0801. The zero-order valence-corrected chi connectivity index (χ0v) is 9.47. The number of carbonyl (C=O) groups excluding carboxylic acids is 1. The van der Waals surface area contributed by atoms with Gasteiger partial charge in [0.25, 0.3) is 0 Å². The van der Waals surface area contributed by atoms with E-state index in [2.05, 4.69) is 28.2 Å². The highest BCUT2D eigenvalue weighted by Gasteiger charge is 2.23. The molecule has 76 valence electrons. The van der Waals surface area contributed by atoms with Gasteiger partial charge in [-0.25, -0.2) is 0 Å². The maximum Gasteiger partial charge on any atom is 0.225 e. The van der Waals surface area contributed by atoms with Crippen molar-refractivity contribution in [2.24, 2.45) is 5.92 Å². The van der Waals surface area contributed by atoms with E-state index in [0.717, 1.165) is 19.4 Å². The van der Waals surface area contributed by atoms with Crippen molar-refractivity contribution in [3.05, 3.63) is 0 Å². The van der Waals surface area contributed by atoms with Gasteiger partial charge in [-0.05, 0) is 12.8 Å². The standard InChI is InChI=1S/C9H16BrNO2/c1-2-8(10)5-11-9(12)7-3-4-13-6-7/h7-8H,2-6H2,1H3,(H,11,12). The Morgan fingerprint density at radius 3 is 3.08 bits per heavy atom. The van der Waals surface area contributed by atoms with Crippen LogP contribution in [-0.4, -0.2) is 30.5 Å². The lowest BCUT2D eigenvalue weighted by molar-refractivity contribution is -0.124. The fourth-order valence-electron chi connectivity index (χ4n) is 1.24. The molecule has 0 radical (unpaired) electrons. The zero-order valence-electron chi connectivity index (χ0n) is 7.88. The number of halogens is 1. The van der Waals surface area contributed by atoms with Crippen molar-refractivity contribution in [1.29, 1.82) is 0 Å². The smallest absolute Gasteiger partial charge is 0.225 e. The van der Waals surface area contributed by atoms with Gasteiger partial charge in [0.2, 0.25) is 5.91 Å². The fraction of sp³-hybridized carbons (Fsp3) is 0.889. The number of amides is 1. The molecule has 0 saturated carbocycles. The van der Waals surface area contributed by atoms with E-state index in [4.69, 9.17) is 4.74 Å². The molecule has 0 aromatic rings. The monoisotopic (exact) mass is 249 g/mol. The Hall–Kier alpha value is -0.0900. The average molecular weight is 250 g/mol. The lowest BCUT2D eigenvalue weighted by Gasteiger charge is -2.11. The van der Waals surface area contributed by atoms with Crippen LogP contribution in [0.5, 0.6) is 0 Å². The fourth-order valence-corrected chi connectivity index (χ4v) is 1.40. The van der Waals surface area contributed by atoms with Crippen LogP contribution in [0.1, 0.15) is 19.8 Å². The highest BCUT2D eigenvalue weighted by atomic mass is 79.9. The minimum Gasteiger partial charge on any atom is -0.381 e. The van der Waals surface area contributed by atoms with Crippen molar-refractivity contribution in [3.63, 3.8) is 0 Å². The summed E-state index contributed by atoms with van der Waals surface area (Å²) in [5.41, 5.74) is 0. The zero-order chi connectivity index (χ0) is 9.68. The van der Waals surface area contributed by atoms with Gasteiger partial charge >= 0.3 is 0 Å². The van der Waals surface area contributed by atoms with Crippen LogP contribution in [0.2, 0.25) is 0 Å². The summed E-state index contributed by atoms with van der Waals surface area (Å²) in [7, 11) is 0. The molecule has 1 aliphatic heterocycles. The lowest BCUT2D eigenvalue weighted by Crippen LogP contribution is -2.34. The van der Waals surface area contributed by atoms with Crippen LogP contribution < -0.4 is 5.32 Å². The van der Waals surface area contributed by atoms with Gasteiger partial charge in [-0.2, -0.15) is 0 Å². The Bertz CT molecular complexity index is 169. The van der Waals surface area contributed by atoms with E-state index in [-0.39, 0.29) is 11.8 Å². The molecule has 1 aliphatic rings. The SMILES string of the molecule is CCC(Br)CNC(=O)C1CCOC1. The van der Waals surface area contributed by atoms with Crippen LogP contribution in [0.25, 0.3) is 0 Å². The van der Waals surface area contributed by atoms with Crippen molar-refractivity contribution >= 4 is 21.8 Å². The number of nitrogens with one attached hydrogen (secondary N) is 1. The summed E-state index contributed by atoms with van der Waals surface area (Å²) in [4.78, 5) is 11.8. The Kier molecular flexibility index (Phi) is 4.73. The van der Waals surface area contributed by atoms with Crippen molar-refractivity contribution in [2.75, 3.05) is 19.8 Å². The van der Waals surface area contributed by atoms with E-state index in [9.17, 15) is 4.79 Å². The average Bonchev–Trinajstić information content (AvgIpc) is 2.66. The number of hydrogen-bond acceptors (Lipinski definition) is 2. The molecule has 1 fully saturated rings. The van der Waals surface area contributed by atoms with Crippen molar-refractivity contribution in [3.8, 4) is 0 Å². The molecule has 3 nitrogen and oxygen atoms in total. The Labute approximate surface area is 87.3 Å². The number of hydrogen-bond donors (Lipinski definition) is 1. The molecule has 0 aromatic carbocycles. The first-order valence-corrected chi connectivity index (χ1v) is 5.65. The predicted molar refractivity (Wildman–Crippen MR) is 54.9 cm³/mol. The lowest BCUT2D eigenvalue weighted by atomic mass is 10.1. The van der Waals surface area contributed by atoms with E-state index >= 15 is 0 Å². The Morgan fingerprint density at radius 1 is 1.77 bits per heavy atom. The molecular weight excluding hydrogens is 234 g/mol. The summed E-state index contributed by atoms with van der Waals surface area (Å²) < 4.78 is 5.14. The molecule has 1 heterocycles. The van der Waals surface area contributed by atoms with E-state index in [1.807, 2.05) is 0 Å². The minimum atomic E-state index is 0.0801. The van der Waals surface area contributed by atoms with E-state index < -0.39 is 0 Å². The van der Waals surface area contributed by atoms with Gasteiger partial charge in [0.05, 0.1) is 12.5 Å². The summed E-state index contributed by atoms with van der Waals surface area (Å²) in [5.74, 6) is 0.215. The molecule has 0 spiro atoms. The molecule has 1 amide bonds. The third-order valence-electron chi connectivity index (χ3n) is 2.24. The molecule has 4 heteroatoms. The van der Waals surface area contributed by atoms with Gasteiger partial charge in [-0.15, -0.1) is 0 Å². The van der Waals surface area contributed by atoms with Crippen molar-refractivity contribution < 1.29 is 9.53 Å². The van der Waals surface area contributed by atoms with Crippen LogP contribution in [0.15, 0.2) is 0 Å². The second-order valence-corrected chi connectivity index (χ2v) is 4.61. The van der Waals surface area contributed by atoms with Gasteiger partial charge < -0.3 is 10.1 Å². The number of carbonyl (C=O) groups is 1. The summed E-state index contributed by atoms with van der Waals surface area (Å²) in [6.45, 7) is 4.12. The van der Waals surface area contributed by atoms with Crippen LogP contribution in [0.4, 0.5) is 0 Å². The van der Waals surface area contributed by atoms with Gasteiger partial charge in [-0.1, -0.05) is 22.9 Å². The molecule has 2 atom stereocenters. The quantitative estimate of drug-likeness (QED) is 0.764. The summed E-state index contributed by atoms with van der Waals surface area (Å²) in [6, 6.07) is 0. The maximum absolute atomic E-state index is 11.5. The van der Waals surface area contributed by atoms with E-state index in [0.29, 0.717) is 18.0 Å². The molecule has 1 N–H and O–H groups in total. The molecule has 13 heavy (non-hydrogen) atoms. The van der Waals surface area contributed by atoms with Gasteiger partial charge in [0.1, 0.15) is 0 Å². The number of rotatable bonds is 4. The summed E-state index contributed by atoms with van der Waals surface area (Å²) in [5, 5.41) is 2.91. The van der Waals surface area contributed by atoms with E-state index in [1.54, 1.807) is 0 Å². The largest absolute Gasteiger partial charge is 0.381 e. The van der Waals surface area contributed by atoms with Crippen molar-refractivity contribution in [1.82, 2.24) is 5.32 Å². The molecule has 1 rings (SSSR count). The molecule has 0 aromatic heterocycles. The third-order valence-corrected chi connectivity index (χ3v) is 3.21. The van der Waals surface area contributed by atoms with Gasteiger partial charge in [0.15, 0.2) is 0 Å². The molecular formula is C9H16BrNO2. The van der Waals surface area contributed by atoms with Gasteiger partial charge in [0, 0.05) is 18.0 Å². The van der Waals surface area contributed by atoms with E-state index in [1.165, 1.54) is 0 Å². The van der Waals surface area contributed by atoms with Crippen LogP contribution in [0.3, 0.4) is 0 Å². The number of ether oxygens (including phenoxy) is 1. The Balaban J connectivity index is 2.16. The van der Waals surface area contributed by atoms with Crippen LogP contribution >= 0.6 is 15.9 Å². The second kappa shape index (κ2) is 5.60. The highest BCUT2D eigenvalue weighted by molar-refractivity contribution is 9.09. The first-order chi connectivity index (χ1) is 6.24. The normalized spacial score (nSPS) is 24.3. The predicted octanol–water partition coefficient (Wildman–Crippen LogP) is 1.31. The van der Waals surface area contributed by atoms with Crippen LogP contribution in [-0.2, 0) is 9.53 Å². The molecule has 1 saturated heterocycles. The van der Waals surface area contributed by atoms with Gasteiger partial charge in [-0.3, -0.25) is 4.79 Å². The second-order valence-electron chi connectivity index (χ2n) is 3.31. The van der Waals surface area contributed by atoms with Crippen molar-refractivity contribution in [2.45, 2.75) is 24.6 Å². The summed E-state index contributed by atoms with van der Waals surface area (Å²) >= 11 is 3.47. The highest BCUT2D eigenvalue weighted by Crippen LogP contribution is 2.12. The number of alkyl halides is 1. The summed E-state index contributed by atoms with van der Waals surface area (Å²) in [6.07, 6.45) is 1.90. The third kappa shape index (κ3) is 3.65. The molecule has 2 unspecified atom stereocenters. The Morgan fingerprint density at radius 2 is 2.54 bits per heavy atom. The maximum atomic E-state index is 11.5. The molecule has 0 bridgehead atoms. The topological polar surface area (TPSA) is 38.3 Å². The first-order valence-electron chi connectivity index (χ1n) is 4.73. The first kappa shape index (κ1) is 11.0.